The highest BCUT2D eigenvalue weighted by Gasteiger charge is 2.13. The summed E-state index contributed by atoms with van der Waals surface area (Å²) in [6.07, 6.45) is 1.57. The molecule has 0 amide bonds. The number of halogens is 1. The number of pyridine rings is 1. The Morgan fingerprint density at radius 3 is 2.55 bits per heavy atom. The molecule has 29 heavy (non-hydrogen) atoms. The van der Waals surface area contributed by atoms with Crippen LogP contribution < -0.4 is 5.32 Å². The van der Waals surface area contributed by atoms with Crippen molar-refractivity contribution in [3.8, 4) is 10.6 Å². The second kappa shape index (κ2) is 8.59. The molecule has 0 aliphatic heterocycles. The highest BCUT2D eigenvalue weighted by Crippen LogP contribution is 2.33. The van der Waals surface area contributed by atoms with Gasteiger partial charge in [-0.25, -0.2) is 15.0 Å². The lowest BCUT2D eigenvalue weighted by atomic mass is 10.0. The minimum atomic E-state index is -0.623. The molecule has 8 heteroatoms. The molecule has 148 valence electrons. The number of aliphatic hydroxyl groups is 1. The summed E-state index contributed by atoms with van der Waals surface area (Å²) in [5, 5.41) is 18.2. The third-order valence-electron chi connectivity index (χ3n) is 4.39. The Bertz CT molecular complexity index is 1110. The normalized spacial score (nSPS) is 12.1. The van der Waals surface area contributed by atoms with Crippen molar-refractivity contribution in [3.05, 3.63) is 74.8 Å². The summed E-state index contributed by atoms with van der Waals surface area (Å²) in [7, 11) is 0. The summed E-state index contributed by atoms with van der Waals surface area (Å²) in [6, 6.07) is 11.2. The Morgan fingerprint density at radius 2 is 1.90 bits per heavy atom. The van der Waals surface area contributed by atoms with Gasteiger partial charge in [-0.2, -0.15) is 0 Å². The zero-order valence-electron chi connectivity index (χ0n) is 15.9. The quantitative estimate of drug-likeness (QED) is 0.386. The van der Waals surface area contributed by atoms with E-state index in [9.17, 15) is 5.11 Å². The van der Waals surface area contributed by atoms with Crippen LogP contribution in [0.15, 0.2) is 48.0 Å². The fourth-order valence-corrected chi connectivity index (χ4v) is 4.74. The van der Waals surface area contributed by atoms with Gasteiger partial charge < -0.3 is 10.4 Å². The smallest absolute Gasteiger partial charge is 0.188 e. The largest absolute Gasteiger partial charge is 0.388 e. The number of nitrogens with one attached hydrogen (secondary N) is 1. The number of rotatable bonds is 6. The Morgan fingerprint density at radius 1 is 1.10 bits per heavy atom. The van der Waals surface area contributed by atoms with Crippen LogP contribution in [0.2, 0.25) is 5.02 Å². The van der Waals surface area contributed by atoms with E-state index >= 15 is 0 Å². The maximum atomic E-state index is 10.5. The van der Waals surface area contributed by atoms with Gasteiger partial charge in [0.25, 0.3) is 0 Å². The van der Waals surface area contributed by atoms with Crippen LogP contribution in [-0.4, -0.2) is 20.1 Å². The molecule has 0 saturated carbocycles. The summed E-state index contributed by atoms with van der Waals surface area (Å²) in [6.45, 7) is 4.00. The first-order valence-electron chi connectivity index (χ1n) is 9.03. The molecule has 0 aliphatic rings. The first kappa shape index (κ1) is 20.0. The molecule has 0 saturated heterocycles. The number of nitrogens with zero attached hydrogens (tertiary/aromatic N) is 3. The van der Waals surface area contributed by atoms with Crippen LogP contribution in [-0.2, 0) is 6.42 Å². The zero-order chi connectivity index (χ0) is 20.4. The number of anilines is 2. The van der Waals surface area contributed by atoms with Crippen molar-refractivity contribution in [3.63, 3.8) is 0 Å². The van der Waals surface area contributed by atoms with Gasteiger partial charge in [0.2, 0.25) is 0 Å². The topological polar surface area (TPSA) is 70.9 Å². The Labute approximate surface area is 182 Å². The van der Waals surface area contributed by atoms with Gasteiger partial charge in [-0.15, -0.1) is 22.7 Å². The van der Waals surface area contributed by atoms with Gasteiger partial charge in [-0.05, 0) is 43.2 Å². The molecule has 0 aliphatic carbocycles. The molecule has 4 rings (SSSR count). The average Bonchev–Trinajstić information content (AvgIpc) is 3.29. The van der Waals surface area contributed by atoms with E-state index in [0.717, 1.165) is 37.5 Å². The summed E-state index contributed by atoms with van der Waals surface area (Å²) in [4.78, 5) is 14.6. The van der Waals surface area contributed by atoms with E-state index in [0.29, 0.717) is 17.3 Å². The predicted octanol–water partition coefficient (Wildman–Crippen LogP) is 5.95. The lowest BCUT2D eigenvalue weighted by Crippen LogP contribution is -2.03. The molecular formula is C21H19ClN4OS2. The van der Waals surface area contributed by atoms with Gasteiger partial charge in [0, 0.05) is 23.0 Å². The fourth-order valence-electron chi connectivity index (χ4n) is 2.95. The first-order chi connectivity index (χ1) is 14.0. The van der Waals surface area contributed by atoms with Crippen molar-refractivity contribution in [2.24, 2.45) is 0 Å². The molecule has 0 spiro atoms. The number of aromatic nitrogens is 3. The minimum Gasteiger partial charge on any atom is -0.388 e. The van der Waals surface area contributed by atoms with E-state index in [1.807, 2.05) is 55.6 Å². The standard InChI is InChI=1S/C21H19ClN4OS2/c1-12-20(29-13(2)24-12)17-11-28-21(25-17)26-19-8-5-15(10-23-19)18(27)9-14-3-6-16(22)7-4-14/h3-8,10-11,18,27H,9H2,1-2H3,(H,23,25,26). The molecule has 4 aromatic rings. The van der Waals surface area contributed by atoms with Gasteiger partial charge >= 0.3 is 0 Å². The molecule has 1 atom stereocenters. The van der Waals surface area contributed by atoms with E-state index in [1.165, 1.54) is 11.3 Å². The summed E-state index contributed by atoms with van der Waals surface area (Å²) in [5.41, 5.74) is 3.71. The second-order valence-corrected chi connectivity index (χ2v) is 9.13. The van der Waals surface area contributed by atoms with Gasteiger partial charge in [-0.1, -0.05) is 29.8 Å². The van der Waals surface area contributed by atoms with Crippen molar-refractivity contribution in [1.29, 1.82) is 0 Å². The fraction of sp³-hybridized carbons (Fsp3) is 0.190. The number of benzene rings is 1. The molecule has 1 aromatic carbocycles. The molecule has 0 radical (unpaired) electrons. The summed E-state index contributed by atoms with van der Waals surface area (Å²) in [5.74, 6) is 0.686. The Kier molecular flexibility index (Phi) is 5.91. The lowest BCUT2D eigenvalue weighted by Gasteiger charge is -2.11. The van der Waals surface area contributed by atoms with Gasteiger partial charge in [0.1, 0.15) is 5.82 Å². The number of aryl methyl sites for hydroxylation is 2. The van der Waals surface area contributed by atoms with Crippen LogP contribution in [0.25, 0.3) is 10.6 Å². The molecule has 3 heterocycles. The van der Waals surface area contributed by atoms with E-state index in [4.69, 9.17) is 11.6 Å². The number of thiazole rings is 2. The average molecular weight is 443 g/mol. The van der Waals surface area contributed by atoms with E-state index in [2.05, 4.69) is 20.3 Å². The number of hydrogen-bond donors (Lipinski definition) is 2. The van der Waals surface area contributed by atoms with Gasteiger partial charge in [0.15, 0.2) is 5.13 Å². The zero-order valence-corrected chi connectivity index (χ0v) is 18.3. The van der Waals surface area contributed by atoms with Crippen molar-refractivity contribution < 1.29 is 5.11 Å². The predicted molar refractivity (Wildman–Crippen MR) is 120 cm³/mol. The molecular weight excluding hydrogens is 424 g/mol. The van der Waals surface area contributed by atoms with Crippen LogP contribution in [0.4, 0.5) is 10.9 Å². The van der Waals surface area contributed by atoms with Crippen molar-refractivity contribution in [1.82, 2.24) is 15.0 Å². The maximum absolute atomic E-state index is 10.5. The van der Waals surface area contributed by atoms with Crippen molar-refractivity contribution >= 4 is 45.2 Å². The highest BCUT2D eigenvalue weighted by atomic mass is 35.5. The van der Waals surface area contributed by atoms with Crippen LogP contribution in [0.1, 0.15) is 27.9 Å². The van der Waals surface area contributed by atoms with Crippen LogP contribution in [0.3, 0.4) is 0 Å². The molecule has 3 aromatic heterocycles. The molecule has 0 fully saturated rings. The Hall–Kier alpha value is -2.32. The van der Waals surface area contributed by atoms with Gasteiger partial charge in [-0.3, -0.25) is 0 Å². The highest BCUT2D eigenvalue weighted by molar-refractivity contribution is 7.16. The van der Waals surface area contributed by atoms with Gasteiger partial charge in [0.05, 0.1) is 27.4 Å². The number of aliphatic hydroxyl groups excluding tert-OH is 1. The van der Waals surface area contributed by atoms with E-state index in [-0.39, 0.29) is 0 Å². The maximum Gasteiger partial charge on any atom is 0.188 e. The summed E-state index contributed by atoms with van der Waals surface area (Å²) >= 11 is 9.08. The molecule has 1 unspecified atom stereocenters. The van der Waals surface area contributed by atoms with Crippen LogP contribution in [0.5, 0.6) is 0 Å². The summed E-state index contributed by atoms with van der Waals surface area (Å²) < 4.78 is 0. The molecule has 2 N–H and O–H groups in total. The van der Waals surface area contributed by atoms with Crippen molar-refractivity contribution in [2.45, 2.75) is 26.4 Å². The monoisotopic (exact) mass is 442 g/mol. The lowest BCUT2D eigenvalue weighted by molar-refractivity contribution is 0.178. The third-order valence-corrected chi connectivity index (χ3v) is 6.49. The van der Waals surface area contributed by atoms with E-state index in [1.54, 1.807) is 17.5 Å². The number of hydrogen-bond acceptors (Lipinski definition) is 7. The second-order valence-electron chi connectivity index (χ2n) is 6.63. The van der Waals surface area contributed by atoms with Crippen LogP contribution in [0, 0.1) is 13.8 Å². The Balaban J connectivity index is 1.42. The third kappa shape index (κ3) is 4.82. The SMILES string of the molecule is Cc1nc(C)c(-c2csc(Nc3ccc(C(O)Cc4ccc(Cl)cc4)cn3)n2)s1. The van der Waals surface area contributed by atoms with E-state index < -0.39 is 6.10 Å². The minimum absolute atomic E-state index is 0.509. The first-order valence-corrected chi connectivity index (χ1v) is 11.1. The van der Waals surface area contributed by atoms with Crippen molar-refractivity contribution in [2.75, 3.05) is 5.32 Å². The molecule has 5 nitrogen and oxygen atoms in total. The van der Waals surface area contributed by atoms with Crippen LogP contribution >= 0.6 is 34.3 Å². The molecule has 0 bridgehead atoms.